The second-order valence-corrected chi connectivity index (χ2v) is 4.77. The zero-order valence-corrected chi connectivity index (χ0v) is 11.4. The van der Waals surface area contributed by atoms with Gasteiger partial charge in [-0.15, -0.1) is 0 Å². The number of rotatable bonds is 2. The van der Waals surface area contributed by atoms with Crippen molar-refractivity contribution in [3.63, 3.8) is 0 Å². The molecule has 0 radical (unpaired) electrons. The maximum atomic E-state index is 11.3. The molecule has 1 aromatic carbocycles. The van der Waals surface area contributed by atoms with Gasteiger partial charge in [0, 0.05) is 5.02 Å². The Morgan fingerprint density at radius 2 is 2.11 bits per heavy atom. The summed E-state index contributed by atoms with van der Waals surface area (Å²) in [6.45, 7) is 0. The number of nitrogens with zero attached hydrogens (tertiary/aromatic N) is 3. The van der Waals surface area contributed by atoms with E-state index in [1.54, 1.807) is 18.3 Å². The number of hydrazone groups is 1. The van der Waals surface area contributed by atoms with Crippen molar-refractivity contribution in [2.24, 2.45) is 15.3 Å². The van der Waals surface area contributed by atoms with Crippen LogP contribution in [0.4, 0.5) is 0 Å². The highest BCUT2D eigenvalue weighted by molar-refractivity contribution is 9.10. The van der Waals surface area contributed by atoms with Gasteiger partial charge in [-0.1, -0.05) is 39.7 Å². The van der Waals surface area contributed by atoms with E-state index in [0.29, 0.717) is 10.7 Å². The summed E-state index contributed by atoms with van der Waals surface area (Å²) in [5.74, 6) is -0.266. The summed E-state index contributed by atoms with van der Waals surface area (Å²) in [5, 5.41) is 12.1. The molecule has 0 spiro atoms. The van der Waals surface area contributed by atoms with Crippen LogP contribution in [0.2, 0.25) is 5.02 Å². The van der Waals surface area contributed by atoms with Crippen molar-refractivity contribution in [3.8, 4) is 0 Å². The van der Waals surface area contributed by atoms with Crippen molar-refractivity contribution in [3.05, 3.63) is 34.9 Å². The second kappa shape index (κ2) is 5.88. The summed E-state index contributed by atoms with van der Waals surface area (Å²) >= 11 is 8.95. The average molecular weight is 328 g/mol. The molecule has 1 amide bonds. The van der Waals surface area contributed by atoms with Crippen LogP contribution in [0.25, 0.3) is 0 Å². The van der Waals surface area contributed by atoms with Crippen molar-refractivity contribution in [2.75, 3.05) is 0 Å². The average Bonchev–Trinajstić information content (AvgIpc) is 2.37. The number of hydrogen-bond acceptors (Lipinski definition) is 4. The smallest absolute Gasteiger partial charge is 0.260 e. The summed E-state index contributed by atoms with van der Waals surface area (Å²) in [5.41, 5.74) is 3.63. The minimum atomic E-state index is -0.530. The summed E-state index contributed by atoms with van der Waals surface area (Å²) in [7, 11) is 0. The van der Waals surface area contributed by atoms with E-state index in [2.05, 4.69) is 36.7 Å². The molecule has 0 aromatic heterocycles. The first-order chi connectivity index (χ1) is 8.66. The molecule has 0 fully saturated rings. The molecule has 92 valence electrons. The molecule has 0 bridgehead atoms. The lowest BCUT2D eigenvalue weighted by Crippen LogP contribution is -2.38. The van der Waals surface area contributed by atoms with E-state index < -0.39 is 4.83 Å². The van der Waals surface area contributed by atoms with Crippen LogP contribution in [0.1, 0.15) is 5.56 Å². The normalized spacial score (nSPS) is 21.6. The summed E-state index contributed by atoms with van der Waals surface area (Å²) < 4.78 is 0. The maximum Gasteiger partial charge on any atom is 0.260 e. The number of benzene rings is 1. The number of alkyl halides is 1. The van der Waals surface area contributed by atoms with Gasteiger partial charge in [-0.25, -0.2) is 5.43 Å². The van der Waals surface area contributed by atoms with Gasteiger partial charge in [-0.2, -0.15) is 15.3 Å². The van der Waals surface area contributed by atoms with Crippen LogP contribution in [-0.4, -0.2) is 28.9 Å². The first-order valence-electron chi connectivity index (χ1n) is 5.00. The number of carbonyl (C=O) groups is 1. The maximum absolute atomic E-state index is 11.3. The first kappa shape index (κ1) is 12.9. The van der Waals surface area contributed by atoms with Crippen LogP contribution in [0.5, 0.6) is 0 Å². The van der Waals surface area contributed by atoms with Gasteiger partial charge in [0.2, 0.25) is 0 Å². The molecule has 1 unspecified atom stereocenters. The molecule has 7 heteroatoms. The zero-order chi connectivity index (χ0) is 13.0. The highest BCUT2D eigenvalue weighted by atomic mass is 79.9. The van der Waals surface area contributed by atoms with Gasteiger partial charge in [0.25, 0.3) is 5.91 Å². The van der Waals surface area contributed by atoms with Gasteiger partial charge in [0.05, 0.1) is 12.4 Å². The number of nitrogens with one attached hydrogen (secondary N) is 1. The summed E-state index contributed by atoms with van der Waals surface area (Å²) in [6, 6.07) is 7.16. The predicted octanol–water partition coefficient (Wildman–Crippen LogP) is 1.99. The van der Waals surface area contributed by atoms with Crippen molar-refractivity contribution in [2.45, 2.75) is 4.83 Å². The quantitative estimate of drug-likeness (QED) is 0.504. The molecule has 5 nitrogen and oxygen atoms in total. The summed E-state index contributed by atoms with van der Waals surface area (Å²) in [6.07, 6.45) is 3.02. The van der Waals surface area contributed by atoms with E-state index in [-0.39, 0.29) is 5.91 Å². The van der Waals surface area contributed by atoms with Crippen molar-refractivity contribution in [1.29, 1.82) is 0 Å². The third-order valence-corrected chi connectivity index (χ3v) is 3.25. The molecule has 0 saturated heterocycles. The molecule has 1 N–H and O–H groups in total. The lowest BCUT2D eigenvalue weighted by molar-refractivity contribution is -0.119. The molecular formula is C11H8BrClN4O. The lowest BCUT2D eigenvalue weighted by Gasteiger charge is -2.10. The monoisotopic (exact) mass is 326 g/mol. The number of amides is 1. The molecule has 1 aliphatic heterocycles. The van der Waals surface area contributed by atoms with Gasteiger partial charge in [-0.05, 0) is 17.7 Å². The minimum absolute atomic E-state index is 0.266. The second-order valence-electron chi connectivity index (χ2n) is 3.42. The molecular weight excluding hydrogens is 320 g/mol. The van der Waals surface area contributed by atoms with Crippen LogP contribution >= 0.6 is 27.5 Å². The highest BCUT2D eigenvalue weighted by Crippen LogP contribution is 2.08. The fourth-order valence-corrected chi connectivity index (χ4v) is 1.64. The third-order valence-electron chi connectivity index (χ3n) is 2.11. The molecule has 1 aromatic rings. The Bertz CT molecular complexity index is 538. The van der Waals surface area contributed by atoms with Crippen molar-refractivity contribution >= 4 is 51.6 Å². The molecule has 18 heavy (non-hydrogen) atoms. The molecule has 2 rings (SSSR count). The first-order valence-corrected chi connectivity index (χ1v) is 6.29. The Morgan fingerprint density at radius 1 is 1.39 bits per heavy atom. The topological polar surface area (TPSA) is 66.2 Å². The highest BCUT2D eigenvalue weighted by Gasteiger charge is 2.23. The van der Waals surface area contributed by atoms with E-state index >= 15 is 0 Å². The third kappa shape index (κ3) is 3.24. The van der Waals surface area contributed by atoms with Gasteiger partial charge in [0.15, 0.2) is 0 Å². The van der Waals surface area contributed by atoms with Crippen LogP contribution in [0, 0.1) is 0 Å². The zero-order valence-electron chi connectivity index (χ0n) is 9.05. The van der Waals surface area contributed by atoms with Gasteiger partial charge < -0.3 is 0 Å². The van der Waals surface area contributed by atoms with Crippen molar-refractivity contribution < 1.29 is 4.79 Å². The fourth-order valence-electron chi connectivity index (χ4n) is 1.21. The van der Waals surface area contributed by atoms with E-state index in [0.717, 1.165) is 5.56 Å². The minimum Gasteiger partial charge on any atom is -0.271 e. The van der Waals surface area contributed by atoms with E-state index in [1.807, 2.05) is 12.1 Å². The Hall–Kier alpha value is -1.53. The molecule has 1 atom stereocenters. The van der Waals surface area contributed by atoms with E-state index in [1.165, 1.54) is 6.21 Å². The van der Waals surface area contributed by atoms with E-state index in [9.17, 15) is 4.79 Å². The van der Waals surface area contributed by atoms with Crippen LogP contribution in [0.3, 0.4) is 0 Å². The fraction of sp³-hybridized carbons (Fsp3) is 0.0909. The standard InChI is InChI=1S/C11H8BrClN4O/c12-10-9(6-15-17-11(10)18)16-14-5-7-1-3-8(13)4-2-7/h1-6,10H,(H,17,18)/b14-5+,16-9-. The van der Waals surface area contributed by atoms with E-state index in [4.69, 9.17) is 11.6 Å². The van der Waals surface area contributed by atoms with Crippen LogP contribution in [-0.2, 0) is 4.79 Å². The molecule has 1 aliphatic rings. The van der Waals surface area contributed by atoms with Crippen LogP contribution < -0.4 is 5.43 Å². The predicted molar refractivity (Wildman–Crippen MR) is 75.8 cm³/mol. The molecule has 0 saturated carbocycles. The Morgan fingerprint density at radius 3 is 2.83 bits per heavy atom. The SMILES string of the molecule is O=C1NN=C/C(=N/N=C/c2ccc(Cl)cc2)C1Br. The molecule has 0 aliphatic carbocycles. The van der Waals surface area contributed by atoms with Gasteiger partial charge >= 0.3 is 0 Å². The lowest BCUT2D eigenvalue weighted by atomic mass is 10.2. The molecule has 1 heterocycles. The number of hydrogen-bond donors (Lipinski definition) is 1. The number of halogens is 2. The summed E-state index contributed by atoms with van der Waals surface area (Å²) in [4.78, 5) is 10.7. The van der Waals surface area contributed by atoms with Crippen molar-refractivity contribution in [1.82, 2.24) is 5.43 Å². The van der Waals surface area contributed by atoms with Crippen LogP contribution in [0.15, 0.2) is 39.6 Å². The number of carbonyl (C=O) groups excluding carboxylic acids is 1. The van der Waals surface area contributed by atoms with Gasteiger partial charge in [-0.3, -0.25) is 4.79 Å². The Balaban J connectivity index is 2.10. The van der Waals surface area contributed by atoms with Gasteiger partial charge in [0.1, 0.15) is 10.5 Å². The Kier molecular flexibility index (Phi) is 4.22. The Labute approximate surface area is 117 Å². The largest absolute Gasteiger partial charge is 0.271 e.